The van der Waals surface area contributed by atoms with Crippen LogP contribution in [0.5, 0.6) is 0 Å². The molecule has 1 aromatic carbocycles. The molecule has 1 aromatic rings. The lowest BCUT2D eigenvalue weighted by Crippen LogP contribution is -2.34. The predicted molar refractivity (Wildman–Crippen MR) is 134 cm³/mol. The van der Waals surface area contributed by atoms with Crippen molar-refractivity contribution in [1.29, 1.82) is 0 Å². The van der Waals surface area contributed by atoms with Crippen LogP contribution in [0, 0.1) is 6.92 Å². The molecule has 2 amide bonds. The molecule has 10 nitrogen and oxygen atoms in total. The molecule has 0 heterocycles. The van der Waals surface area contributed by atoms with Crippen molar-refractivity contribution in [2.24, 2.45) is 5.73 Å². The molecule has 13 heteroatoms. The Balaban J connectivity index is 0. The fourth-order valence-corrected chi connectivity index (χ4v) is 2.76. The van der Waals surface area contributed by atoms with E-state index >= 15 is 0 Å². The molecule has 0 radical (unpaired) electrons. The normalized spacial score (nSPS) is 11.2. The number of rotatable bonds is 8. The highest BCUT2D eigenvalue weighted by Crippen LogP contribution is 2.13. The first-order chi connectivity index (χ1) is 16.5. The summed E-state index contributed by atoms with van der Waals surface area (Å²) in [6, 6.07) is 6.34. The first-order valence-corrected chi connectivity index (χ1v) is 12.6. The van der Waals surface area contributed by atoms with E-state index in [0.717, 1.165) is 5.56 Å². The monoisotopic (exact) mass is 539 g/mol. The first kappa shape index (κ1) is 35.7. The Morgan fingerprint density at radius 3 is 1.64 bits per heavy atom. The van der Waals surface area contributed by atoms with Crippen molar-refractivity contribution >= 4 is 22.3 Å². The number of carbonyl (C=O) groups is 2. The fourth-order valence-electron chi connectivity index (χ4n) is 1.86. The molecule has 0 aliphatic carbocycles. The summed E-state index contributed by atoms with van der Waals surface area (Å²) < 4.78 is 60.5. The molecule has 0 saturated carbocycles. The minimum atomic E-state index is -3.80. The number of benzene rings is 1. The summed E-state index contributed by atoms with van der Waals surface area (Å²) in [5, 5.41) is 4.67. The van der Waals surface area contributed by atoms with Crippen LogP contribution in [0.25, 0.3) is 0 Å². The smallest absolute Gasteiger partial charge is 0.407 e. The Kier molecular flexibility index (Phi) is 17.7. The number of amides is 2. The van der Waals surface area contributed by atoms with Crippen molar-refractivity contribution in [3.05, 3.63) is 29.8 Å². The summed E-state index contributed by atoms with van der Waals surface area (Å²) in [6.07, 6.45) is -1.19. The summed E-state index contributed by atoms with van der Waals surface area (Å²) in [5.41, 5.74) is 4.50. The number of ether oxygens (including phenoxy) is 2. The van der Waals surface area contributed by atoms with Gasteiger partial charge in [-0.15, -0.1) is 0 Å². The largest absolute Gasteiger partial charge is 0.444 e. The van der Waals surface area contributed by atoms with Gasteiger partial charge in [0.2, 0.25) is 0 Å². The molecular weight excluding hydrogens is 498 g/mol. The standard InChI is InChI=1S/C14H21NO5S.C7H14FNO2.C2H6FN/c1-11-5-7-12(8-6-11)21(17,18)19-10-9-15-13(16)20-14(2,3)4;1-7(2,3)11-6(10)9-5-4-8;3-1-2-4/h5-8H,9-10H2,1-4H3,(H,15,16);4-5H2,1-3H3,(H,9,10);1-2,4H2/i;8-1;3-1. The average molecular weight is 540 g/mol. The quantitative estimate of drug-likeness (QED) is 0.335. The number of alkyl carbamates (subject to hydrolysis) is 2. The van der Waals surface area contributed by atoms with Gasteiger partial charge in [0.15, 0.2) is 0 Å². The van der Waals surface area contributed by atoms with Crippen LogP contribution in [0.4, 0.5) is 18.4 Å². The third-order valence-electron chi connectivity index (χ3n) is 3.19. The molecule has 0 aliphatic rings. The summed E-state index contributed by atoms with van der Waals surface area (Å²) in [6.45, 7) is 11.4. The molecule has 0 aromatic heterocycles. The van der Waals surface area contributed by atoms with Gasteiger partial charge in [0, 0.05) is 19.6 Å². The Morgan fingerprint density at radius 1 is 0.861 bits per heavy atom. The van der Waals surface area contributed by atoms with Gasteiger partial charge >= 0.3 is 12.2 Å². The van der Waals surface area contributed by atoms with Gasteiger partial charge in [0.1, 0.15) is 24.6 Å². The van der Waals surface area contributed by atoms with E-state index < -0.39 is 46.9 Å². The highest BCUT2D eigenvalue weighted by Gasteiger charge is 2.17. The Morgan fingerprint density at radius 2 is 1.28 bits per heavy atom. The molecule has 0 bridgehead atoms. The number of carbonyl (C=O) groups excluding carboxylic acids is 2. The van der Waals surface area contributed by atoms with Gasteiger partial charge in [-0.25, -0.2) is 18.4 Å². The summed E-state index contributed by atoms with van der Waals surface area (Å²) in [5.74, 6) is 0. The van der Waals surface area contributed by atoms with Crippen molar-refractivity contribution in [3.63, 3.8) is 0 Å². The number of nitrogens with two attached hydrogens (primary N) is 1. The topological polar surface area (TPSA) is 146 Å². The lowest BCUT2D eigenvalue weighted by atomic mass is 10.2. The van der Waals surface area contributed by atoms with Crippen LogP contribution in [0.1, 0.15) is 47.1 Å². The third kappa shape index (κ3) is 22.0. The van der Waals surface area contributed by atoms with E-state index in [1.54, 1.807) is 53.7 Å². The molecule has 0 saturated heterocycles. The van der Waals surface area contributed by atoms with Gasteiger partial charge in [-0.05, 0) is 60.6 Å². The van der Waals surface area contributed by atoms with Crippen molar-refractivity contribution in [1.82, 2.24) is 10.6 Å². The number of hydrogen-bond acceptors (Lipinski definition) is 8. The molecule has 4 N–H and O–H groups in total. The second kappa shape index (κ2) is 17.8. The van der Waals surface area contributed by atoms with Gasteiger partial charge in [0.05, 0.1) is 11.5 Å². The minimum absolute atomic E-state index is 0.00884. The van der Waals surface area contributed by atoms with E-state index in [0.29, 0.717) is 0 Å². The third-order valence-corrected chi connectivity index (χ3v) is 4.52. The Labute approximate surface area is 213 Å². The summed E-state index contributed by atoms with van der Waals surface area (Å²) in [4.78, 5) is 22.2. The van der Waals surface area contributed by atoms with E-state index in [1.165, 1.54) is 12.1 Å². The van der Waals surface area contributed by atoms with E-state index in [9.17, 15) is 26.8 Å². The fraction of sp³-hybridized carbons (Fsp3) is 0.652. The van der Waals surface area contributed by atoms with Crippen molar-refractivity contribution < 1.29 is 40.4 Å². The number of halogens is 2. The van der Waals surface area contributed by atoms with Crippen molar-refractivity contribution in [2.45, 2.75) is 64.6 Å². The highest BCUT2D eigenvalue weighted by molar-refractivity contribution is 7.86. The second-order valence-electron chi connectivity index (χ2n) is 9.11. The molecule has 0 spiro atoms. The number of alkyl halides is 2. The lowest BCUT2D eigenvalue weighted by molar-refractivity contribution is 0.0511. The zero-order chi connectivity index (χ0) is 28.4. The van der Waals surface area contributed by atoms with Crippen LogP contribution in [0.15, 0.2) is 29.2 Å². The van der Waals surface area contributed by atoms with Crippen molar-refractivity contribution in [3.8, 4) is 0 Å². The molecule has 210 valence electrons. The van der Waals surface area contributed by atoms with E-state index in [1.807, 2.05) is 6.92 Å². The van der Waals surface area contributed by atoms with E-state index in [2.05, 4.69) is 16.4 Å². The number of hydrogen-bond donors (Lipinski definition) is 3. The molecule has 0 aliphatic heterocycles. The minimum Gasteiger partial charge on any atom is -0.444 e. The molecule has 1 rings (SSSR count). The predicted octanol–water partition coefficient (Wildman–Crippen LogP) is 3.62. The van der Waals surface area contributed by atoms with Crippen LogP contribution < -0.4 is 16.4 Å². The van der Waals surface area contributed by atoms with Gasteiger partial charge < -0.3 is 25.8 Å². The van der Waals surface area contributed by atoms with E-state index in [-0.39, 0.29) is 31.1 Å². The summed E-state index contributed by atoms with van der Waals surface area (Å²) in [7, 11) is -3.80. The van der Waals surface area contributed by atoms with Crippen LogP contribution in [-0.2, 0) is 23.8 Å². The maximum absolute atomic E-state index is 11.9. The number of aryl methyl sites for hydroxylation is 1. The van der Waals surface area contributed by atoms with Gasteiger partial charge in [0.25, 0.3) is 10.1 Å². The van der Waals surface area contributed by atoms with Crippen molar-refractivity contribution in [2.75, 3.05) is 39.6 Å². The summed E-state index contributed by atoms with van der Waals surface area (Å²) >= 11 is 0. The Hall–Kier alpha value is -2.51. The maximum Gasteiger partial charge on any atom is 0.407 e. The van der Waals surface area contributed by atoms with Crippen LogP contribution >= 0.6 is 0 Å². The molecule has 0 unspecified atom stereocenters. The van der Waals surface area contributed by atoms with E-state index in [4.69, 9.17) is 13.7 Å². The SMILES string of the molecule is CC(C)(C)OC(=O)NCC[18F].Cc1ccc(S(=O)(=O)OCCNC(=O)OC(C)(C)C)cc1.NCC[18F]. The molecular formula is C23H41F2N3O7S. The van der Waals surface area contributed by atoms with Gasteiger partial charge in [-0.3, -0.25) is 4.18 Å². The zero-order valence-electron chi connectivity index (χ0n) is 22.2. The molecule has 0 atom stereocenters. The average Bonchev–Trinajstić information content (AvgIpc) is 2.74. The molecule has 36 heavy (non-hydrogen) atoms. The Bertz CT molecular complexity index is 852. The van der Waals surface area contributed by atoms with Gasteiger partial charge in [-0.1, -0.05) is 17.7 Å². The molecule has 0 fully saturated rings. The van der Waals surface area contributed by atoms with Crippen LogP contribution in [0.3, 0.4) is 0 Å². The maximum atomic E-state index is 11.9. The zero-order valence-corrected chi connectivity index (χ0v) is 23.0. The lowest BCUT2D eigenvalue weighted by Gasteiger charge is -2.19. The number of nitrogens with one attached hydrogen (secondary N) is 2. The highest BCUT2D eigenvalue weighted by atomic mass is 32.2. The van der Waals surface area contributed by atoms with Crippen LogP contribution in [-0.4, -0.2) is 71.4 Å². The van der Waals surface area contributed by atoms with Gasteiger partial charge in [-0.2, -0.15) is 8.42 Å². The first-order valence-electron chi connectivity index (χ1n) is 11.2. The second-order valence-corrected chi connectivity index (χ2v) is 10.7. The van der Waals surface area contributed by atoms with Crippen LogP contribution in [0.2, 0.25) is 0 Å².